The highest BCUT2D eigenvalue weighted by Crippen LogP contribution is 2.08. The van der Waals surface area contributed by atoms with E-state index in [1.165, 1.54) is 11.1 Å². The zero-order chi connectivity index (χ0) is 12.5. The molecule has 94 valence electrons. The average molecular weight is 236 g/mol. The van der Waals surface area contributed by atoms with E-state index in [0.29, 0.717) is 13.2 Å². The molecule has 0 saturated carbocycles. The number of benzene rings is 1. The molecule has 0 saturated heterocycles. The Bertz CT molecular complexity index is 353. The van der Waals surface area contributed by atoms with Gasteiger partial charge in [-0.25, -0.2) is 0 Å². The molecule has 0 aliphatic carbocycles. The van der Waals surface area contributed by atoms with Crippen LogP contribution in [0.25, 0.3) is 0 Å². The molecule has 1 aromatic rings. The second-order valence-corrected chi connectivity index (χ2v) is 3.82. The fourth-order valence-corrected chi connectivity index (χ4v) is 1.62. The minimum atomic E-state index is -0.429. The molecule has 0 aliphatic heterocycles. The number of ether oxygens (including phenoxy) is 1. The van der Waals surface area contributed by atoms with Gasteiger partial charge in [0.15, 0.2) is 0 Å². The normalized spacial score (nSPS) is 10.4. The van der Waals surface area contributed by atoms with Gasteiger partial charge in [0.25, 0.3) is 0 Å². The van der Waals surface area contributed by atoms with Gasteiger partial charge in [0.1, 0.15) is 6.61 Å². The first-order chi connectivity index (χ1) is 8.24. The minimum absolute atomic E-state index is 0.00672. The van der Waals surface area contributed by atoms with E-state index in [1.807, 2.05) is 6.07 Å². The summed E-state index contributed by atoms with van der Waals surface area (Å²) in [5.41, 5.74) is 7.62. The molecular formula is C13H20N2O2. The Kier molecular flexibility index (Phi) is 6.29. The third-order valence-electron chi connectivity index (χ3n) is 2.48. The first kappa shape index (κ1) is 13.7. The molecule has 3 N–H and O–H groups in total. The van der Waals surface area contributed by atoms with E-state index in [-0.39, 0.29) is 6.61 Å². The summed E-state index contributed by atoms with van der Waals surface area (Å²) in [6.07, 6.45) is 1.04. The van der Waals surface area contributed by atoms with Crippen molar-refractivity contribution >= 4 is 5.91 Å². The van der Waals surface area contributed by atoms with Crippen LogP contribution in [0.4, 0.5) is 0 Å². The maximum atomic E-state index is 10.4. The minimum Gasteiger partial charge on any atom is -0.370 e. The third kappa shape index (κ3) is 5.47. The number of nitrogens with one attached hydrogen (secondary N) is 1. The van der Waals surface area contributed by atoms with Gasteiger partial charge in [-0.1, -0.05) is 31.2 Å². The zero-order valence-corrected chi connectivity index (χ0v) is 10.2. The molecule has 1 amide bonds. The van der Waals surface area contributed by atoms with Crippen molar-refractivity contribution in [3.63, 3.8) is 0 Å². The molecule has 17 heavy (non-hydrogen) atoms. The molecule has 4 nitrogen and oxygen atoms in total. The molecule has 0 aliphatic rings. The number of rotatable bonds is 8. The Hall–Kier alpha value is -1.39. The lowest BCUT2D eigenvalue weighted by atomic mass is 10.1. The fraction of sp³-hybridized carbons (Fsp3) is 0.462. The lowest BCUT2D eigenvalue weighted by Crippen LogP contribution is -2.24. The molecule has 1 rings (SSSR count). The summed E-state index contributed by atoms with van der Waals surface area (Å²) in [6.45, 7) is 4.18. The predicted octanol–water partition coefficient (Wildman–Crippen LogP) is 0.841. The van der Waals surface area contributed by atoms with E-state index in [4.69, 9.17) is 10.5 Å². The molecule has 1 aromatic carbocycles. The summed E-state index contributed by atoms with van der Waals surface area (Å²) < 4.78 is 5.05. The van der Waals surface area contributed by atoms with Crippen molar-refractivity contribution in [3.05, 3.63) is 35.4 Å². The van der Waals surface area contributed by atoms with Crippen molar-refractivity contribution in [2.24, 2.45) is 5.73 Å². The first-order valence-corrected chi connectivity index (χ1v) is 5.87. The van der Waals surface area contributed by atoms with Gasteiger partial charge in [-0.2, -0.15) is 0 Å². The maximum Gasteiger partial charge on any atom is 0.243 e. The van der Waals surface area contributed by atoms with E-state index in [1.54, 1.807) is 0 Å². The Labute approximate surface area is 102 Å². The number of carbonyl (C=O) groups is 1. The topological polar surface area (TPSA) is 64.3 Å². The van der Waals surface area contributed by atoms with E-state index in [9.17, 15) is 4.79 Å². The standard InChI is InChI=1S/C13H20N2O2/c1-2-11-5-3-4-6-12(11)9-15-7-8-17-10-13(14)16/h3-6,15H,2,7-10H2,1H3,(H2,14,16). The number of hydrogen-bond donors (Lipinski definition) is 2. The van der Waals surface area contributed by atoms with Crippen LogP contribution in [0.15, 0.2) is 24.3 Å². The Morgan fingerprint density at radius 2 is 2.06 bits per heavy atom. The molecule has 0 spiro atoms. The zero-order valence-electron chi connectivity index (χ0n) is 10.2. The van der Waals surface area contributed by atoms with Gasteiger partial charge >= 0.3 is 0 Å². The molecule has 0 unspecified atom stereocenters. The van der Waals surface area contributed by atoms with Gasteiger partial charge in [-0.3, -0.25) is 4.79 Å². The predicted molar refractivity (Wildman–Crippen MR) is 67.5 cm³/mol. The Balaban J connectivity index is 2.19. The number of nitrogens with two attached hydrogens (primary N) is 1. The van der Waals surface area contributed by atoms with E-state index in [0.717, 1.165) is 13.0 Å². The van der Waals surface area contributed by atoms with Crippen molar-refractivity contribution in [3.8, 4) is 0 Å². The lowest BCUT2D eigenvalue weighted by Gasteiger charge is -2.09. The molecule has 0 radical (unpaired) electrons. The summed E-state index contributed by atoms with van der Waals surface area (Å²) in [6, 6.07) is 8.36. The molecule has 0 aromatic heterocycles. The van der Waals surface area contributed by atoms with Crippen LogP contribution >= 0.6 is 0 Å². The smallest absolute Gasteiger partial charge is 0.243 e. The van der Waals surface area contributed by atoms with Crippen molar-refractivity contribution in [1.82, 2.24) is 5.32 Å². The molecule has 0 heterocycles. The summed E-state index contributed by atoms with van der Waals surface area (Å²) >= 11 is 0. The van der Waals surface area contributed by atoms with E-state index in [2.05, 4.69) is 30.4 Å². The summed E-state index contributed by atoms with van der Waals surface area (Å²) in [7, 11) is 0. The van der Waals surface area contributed by atoms with Crippen LogP contribution in [0.3, 0.4) is 0 Å². The summed E-state index contributed by atoms with van der Waals surface area (Å²) in [5, 5.41) is 3.27. The summed E-state index contributed by atoms with van der Waals surface area (Å²) in [5.74, 6) is -0.429. The van der Waals surface area contributed by atoms with Crippen LogP contribution in [0.1, 0.15) is 18.1 Å². The van der Waals surface area contributed by atoms with Crippen molar-refractivity contribution in [2.45, 2.75) is 19.9 Å². The number of carbonyl (C=O) groups excluding carboxylic acids is 1. The molecular weight excluding hydrogens is 216 g/mol. The van der Waals surface area contributed by atoms with Gasteiger partial charge < -0.3 is 15.8 Å². The van der Waals surface area contributed by atoms with Crippen LogP contribution in [-0.4, -0.2) is 25.7 Å². The molecule has 4 heteroatoms. The Morgan fingerprint density at radius 3 is 2.71 bits per heavy atom. The quantitative estimate of drug-likeness (QED) is 0.657. The van der Waals surface area contributed by atoms with Gasteiger partial charge in [0.05, 0.1) is 6.61 Å². The van der Waals surface area contributed by atoms with Gasteiger partial charge in [0, 0.05) is 13.1 Å². The molecule has 0 fully saturated rings. The second-order valence-electron chi connectivity index (χ2n) is 3.82. The van der Waals surface area contributed by atoms with Crippen LogP contribution in [0.5, 0.6) is 0 Å². The van der Waals surface area contributed by atoms with Crippen LogP contribution in [0.2, 0.25) is 0 Å². The van der Waals surface area contributed by atoms with Gasteiger partial charge in [-0.15, -0.1) is 0 Å². The number of primary amides is 1. The van der Waals surface area contributed by atoms with Gasteiger partial charge in [0.2, 0.25) is 5.91 Å². The highest BCUT2D eigenvalue weighted by molar-refractivity contribution is 5.74. The van der Waals surface area contributed by atoms with Crippen molar-refractivity contribution in [1.29, 1.82) is 0 Å². The summed E-state index contributed by atoms with van der Waals surface area (Å²) in [4.78, 5) is 10.4. The average Bonchev–Trinajstić information content (AvgIpc) is 2.33. The number of amides is 1. The Morgan fingerprint density at radius 1 is 1.35 bits per heavy atom. The second kappa shape index (κ2) is 7.81. The number of aryl methyl sites for hydroxylation is 1. The maximum absolute atomic E-state index is 10.4. The van der Waals surface area contributed by atoms with E-state index >= 15 is 0 Å². The molecule has 0 bridgehead atoms. The van der Waals surface area contributed by atoms with Crippen LogP contribution in [-0.2, 0) is 22.5 Å². The highest BCUT2D eigenvalue weighted by Gasteiger charge is 1.99. The molecule has 0 atom stereocenters. The largest absolute Gasteiger partial charge is 0.370 e. The van der Waals surface area contributed by atoms with Crippen LogP contribution < -0.4 is 11.1 Å². The first-order valence-electron chi connectivity index (χ1n) is 5.87. The van der Waals surface area contributed by atoms with E-state index < -0.39 is 5.91 Å². The number of hydrogen-bond acceptors (Lipinski definition) is 3. The van der Waals surface area contributed by atoms with Gasteiger partial charge in [-0.05, 0) is 17.5 Å². The third-order valence-corrected chi connectivity index (χ3v) is 2.48. The van der Waals surface area contributed by atoms with Crippen LogP contribution in [0, 0.1) is 0 Å². The van der Waals surface area contributed by atoms with Crippen molar-refractivity contribution < 1.29 is 9.53 Å². The lowest BCUT2D eigenvalue weighted by molar-refractivity contribution is -0.122. The fourth-order valence-electron chi connectivity index (χ4n) is 1.62. The van der Waals surface area contributed by atoms with Crippen molar-refractivity contribution in [2.75, 3.05) is 19.8 Å². The SMILES string of the molecule is CCc1ccccc1CNCCOCC(N)=O. The monoisotopic (exact) mass is 236 g/mol. The highest BCUT2D eigenvalue weighted by atomic mass is 16.5.